The highest BCUT2D eigenvalue weighted by Gasteiger charge is 2.36. The minimum atomic E-state index is -4.78. The molecule has 0 aliphatic carbocycles. The summed E-state index contributed by atoms with van der Waals surface area (Å²) < 4.78 is 171. The molecule has 4 heterocycles. The van der Waals surface area contributed by atoms with Crippen molar-refractivity contribution in [2.75, 3.05) is 11.5 Å². The van der Waals surface area contributed by atoms with Crippen LogP contribution in [0.5, 0.6) is 0 Å². The van der Waals surface area contributed by atoms with Gasteiger partial charge in [-0.1, -0.05) is 13.8 Å². The molecular formula is C32H27F9N8O4S2. The Bertz CT molecular complexity index is 2550. The van der Waals surface area contributed by atoms with E-state index in [1.807, 2.05) is 6.92 Å². The Hall–Kier alpha value is -5.45. The number of aryl methyl sites for hydroxylation is 1. The molecule has 0 saturated carbocycles. The first-order chi connectivity index (χ1) is 25.5. The molecule has 0 aliphatic heterocycles. The third-order valence-corrected chi connectivity index (χ3v) is 11.3. The first kappa shape index (κ1) is 40.7. The van der Waals surface area contributed by atoms with Crippen molar-refractivity contribution in [3.05, 3.63) is 108 Å². The molecule has 12 nitrogen and oxygen atoms in total. The van der Waals surface area contributed by atoms with Crippen LogP contribution in [0.15, 0.2) is 95.5 Å². The van der Waals surface area contributed by atoms with Gasteiger partial charge in [0, 0.05) is 6.20 Å². The molecule has 6 rings (SSSR count). The number of halogens is 9. The van der Waals surface area contributed by atoms with E-state index in [4.69, 9.17) is 0 Å². The van der Waals surface area contributed by atoms with E-state index in [1.165, 1.54) is 35.6 Å². The fraction of sp³-hybridized carbons (Fsp3) is 0.250. The van der Waals surface area contributed by atoms with Crippen molar-refractivity contribution in [2.45, 2.75) is 49.1 Å². The van der Waals surface area contributed by atoms with Gasteiger partial charge in [0.25, 0.3) is 0 Å². The van der Waals surface area contributed by atoms with Crippen LogP contribution in [0.4, 0.5) is 39.5 Å². The number of nitrogens with zero attached hydrogens (tertiary/aromatic N) is 8. The highest BCUT2D eigenvalue weighted by molar-refractivity contribution is 7.91. The van der Waals surface area contributed by atoms with E-state index in [0.717, 1.165) is 53.2 Å². The Kier molecular flexibility index (Phi) is 10.9. The highest BCUT2D eigenvalue weighted by atomic mass is 32.2. The summed E-state index contributed by atoms with van der Waals surface area (Å²) in [7, 11) is -7.99. The second-order valence-corrected chi connectivity index (χ2v) is 16.0. The van der Waals surface area contributed by atoms with Crippen LogP contribution in [-0.2, 0) is 38.2 Å². The average Bonchev–Trinajstić information content (AvgIpc) is 3.94. The van der Waals surface area contributed by atoms with Crippen LogP contribution < -0.4 is 0 Å². The first-order valence-corrected chi connectivity index (χ1v) is 18.9. The molecule has 2 aromatic carbocycles. The Morgan fingerprint density at radius 1 is 0.600 bits per heavy atom. The maximum absolute atomic E-state index is 13.0. The van der Waals surface area contributed by atoms with Gasteiger partial charge in [-0.2, -0.15) is 59.9 Å². The molecule has 0 atom stereocenters. The van der Waals surface area contributed by atoms with Crippen molar-refractivity contribution in [1.29, 1.82) is 0 Å². The summed E-state index contributed by atoms with van der Waals surface area (Å²) in [4.78, 5) is -1.05. The lowest BCUT2D eigenvalue weighted by molar-refractivity contribution is -0.143. The van der Waals surface area contributed by atoms with E-state index >= 15 is 0 Å². The summed E-state index contributed by atoms with van der Waals surface area (Å²) >= 11 is 0. The monoisotopic (exact) mass is 822 g/mol. The first-order valence-electron chi connectivity index (χ1n) is 15.6. The molecule has 0 bridgehead atoms. The van der Waals surface area contributed by atoms with Gasteiger partial charge in [-0.25, -0.2) is 35.6 Å². The second-order valence-electron chi connectivity index (χ2n) is 11.5. The van der Waals surface area contributed by atoms with Gasteiger partial charge in [0.2, 0.25) is 0 Å². The molecule has 0 saturated heterocycles. The smallest absolute Gasteiger partial charge is 0.238 e. The van der Waals surface area contributed by atoms with Gasteiger partial charge in [0.05, 0.1) is 80.5 Å². The molecule has 0 amide bonds. The zero-order valence-corrected chi connectivity index (χ0v) is 30.1. The van der Waals surface area contributed by atoms with Gasteiger partial charge >= 0.3 is 18.5 Å². The molecule has 0 N–H and O–H groups in total. The van der Waals surface area contributed by atoms with E-state index in [-0.39, 0.29) is 22.8 Å². The zero-order valence-electron chi connectivity index (χ0n) is 28.4. The summed E-state index contributed by atoms with van der Waals surface area (Å²) in [5.41, 5.74) is -2.29. The summed E-state index contributed by atoms with van der Waals surface area (Å²) in [6, 6.07) is 7.15. The van der Waals surface area contributed by atoms with Crippen molar-refractivity contribution < 1.29 is 56.3 Å². The molecule has 4 aromatic heterocycles. The van der Waals surface area contributed by atoms with Gasteiger partial charge in [-0.15, -0.1) is 0 Å². The van der Waals surface area contributed by atoms with Gasteiger partial charge in [-0.3, -0.25) is 0 Å². The van der Waals surface area contributed by atoms with Crippen molar-refractivity contribution in [3.8, 4) is 22.7 Å². The molecule has 6 aromatic rings. The van der Waals surface area contributed by atoms with Crippen LogP contribution in [-0.4, -0.2) is 67.5 Å². The van der Waals surface area contributed by atoms with Crippen molar-refractivity contribution in [1.82, 2.24) is 39.1 Å². The average molecular weight is 823 g/mol. The maximum Gasteiger partial charge on any atom is 0.433 e. The van der Waals surface area contributed by atoms with Crippen molar-refractivity contribution >= 4 is 19.7 Å². The van der Waals surface area contributed by atoms with Crippen LogP contribution in [0.3, 0.4) is 0 Å². The number of benzene rings is 2. The van der Waals surface area contributed by atoms with Crippen LogP contribution >= 0.6 is 0 Å². The second kappa shape index (κ2) is 14.7. The zero-order chi connectivity index (χ0) is 40.7. The lowest BCUT2D eigenvalue weighted by Crippen LogP contribution is -2.13. The maximum atomic E-state index is 13.0. The van der Waals surface area contributed by atoms with E-state index < -0.39 is 70.6 Å². The van der Waals surface area contributed by atoms with Gasteiger partial charge in [0.15, 0.2) is 19.7 Å². The van der Waals surface area contributed by atoms with Gasteiger partial charge in [-0.05, 0) is 55.5 Å². The molecule has 0 unspecified atom stereocenters. The molecule has 0 spiro atoms. The Morgan fingerprint density at radius 3 is 1.49 bits per heavy atom. The molecule has 294 valence electrons. The van der Waals surface area contributed by atoms with Crippen LogP contribution in [0, 0.1) is 6.92 Å². The molecule has 0 fully saturated rings. The number of hydrogen-bond donors (Lipinski definition) is 0. The molecule has 0 radical (unpaired) electrons. The lowest BCUT2D eigenvalue weighted by atomic mass is 10.2. The topological polar surface area (TPSA) is 140 Å². The van der Waals surface area contributed by atoms with E-state index in [1.54, 1.807) is 12.3 Å². The summed E-state index contributed by atoms with van der Waals surface area (Å²) in [6.07, 6.45) is -6.51. The minimum Gasteiger partial charge on any atom is -0.238 e. The summed E-state index contributed by atoms with van der Waals surface area (Å²) in [5.74, 6) is -0.805. The van der Waals surface area contributed by atoms with E-state index in [0.29, 0.717) is 28.6 Å². The van der Waals surface area contributed by atoms with Crippen LogP contribution in [0.1, 0.15) is 36.4 Å². The fourth-order valence-electron chi connectivity index (χ4n) is 4.97. The third kappa shape index (κ3) is 8.77. The van der Waals surface area contributed by atoms with Crippen molar-refractivity contribution in [2.24, 2.45) is 0 Å². The molecule has 55 heavy (non-hydrogen) atoms. The SMILES string of the molecule is CCS(=O)(=O)c1cc(C(F)(F)F)ccc1-n1cc(-n2ccc(C)n2)cn1.CCS(=O)(=O)c1cc(C(F)(F)F)ccc1-n1cc(-n2nccc2C(F)(F)F)cn1. The molecule has 0 aliphatic rings. The Labute approximate surface area is 306 Å². The number of alkyl halides is 9. The highest BCUT2D eigenvalue weighted by Crippen LogP contribution is 2.35. The Morgan fingerprint density at radius 2 is 1.07 bits per heavy atom. The predicted molar refractivity (Wildman–Crippen MR) is 177 cm³/mol. The quantitative estimate of drug-likeness (QED) is 0.149. The normalized spacial score (nSPS) is 12.8. The van der Waals surface area contributed by atoms with Crippen LogP contribution in [0.25, 0.3) is 22.7 Å². The lowest BCUT2D eigenvalue weighted by Gasteiger charge is -2.13. The Balaban J connectivity index is 0.000000212. The fourth-order valence-corrected chi connectivity index (χ4v) is 7.16. The molecular weight excluding hydrogens is 796 g/mol. The number of hydrogen-bond acceptors (Lipinski definition) is 8. The number of aromatic nitrogens is 8. The molecule has 23 heteroatoms. The minimum absolute atomic E-state index is 0.0509. The predicted octanol–water partition coefficient (Wildman–Crippen LogP) is 7.07. The summed E-state index contributed by atoms with van der Waals surface area (Å²) in [5, 5.41) is 15.7. The van der Waals surface area contributed by atoms with Crippen LogP contribution in [0.2, 0.25) is 0 Å². The largest absolute Gasteiger partial charge is 0.433 e. The third-order valence-electron chi connectivity index (χ3n) is 7.80. The number of rotatable bonds is 8. The van der Waals surface area contributed by atoms with E-state index in [2.05, 4.69) is 20.4 Å². The van der Waals surface area contributed by atoms with Gasteiger partial charge in [0.1, 0.15) is 17.1 Å². The number of sulfone groups is 2. The van der Waals surface area contributed by atoms with Crippen molar-refractivity contribution in [3.63, 3.8) is 0 Å². The van der Waals surface area contributed by atoms with E-state index in [9.17, 15) is 56.3 Å². The van der Waals surface area contributed by atoms with Gasteiger partial charge < -0.3 is 0 Å². The standard InChI is InChI=1S/C16H12F6N4O2S.C16H15F3N4O2S/c1-2-29(27,28)13-7-10(15(17,18)19)3-4-12(13)25-9-11(8-24-25)26-14(5-6-23-26)16(20,21)22;1-3-26(24,25)15-8-12(16(17,18)19)4-5-14(15)23-10-13(9-20-23)22-7-6-11(2)21-22/h3-9H,2H2,1H3;4-10H,3H2,1-2H3. The summed E-state index contributed by atoms with van der Waals surface area (Å²) in [6.45, 7) is 4.44.